The Bertz CT molecular complexity index is 690. The second-order valence-corrected chi connectivity index (χ2v) is 5.56. The fourth-order valence-electron chi connectivity index (χ4n) is 2.81. The minimum Gasteiger partial charge on any atom is -0.378 e. The molecule has 2 aliphatic rings. The molecule has 1 aromatic carbocycles. The standard InChI is InChI=1S/C18H17NO2/c1-19(2)13-9-7-12(8-10-13)16-11-17(20)18(21)15-6-4-3-5-14(15)16/h3-10,15H,11H2,1-2H3. The summed E-state index contributed by atoms with van der Waals surface area (Å²) in [4.78, 5) is 26.0. The number of hydrogen-bond acceptors (Lipinski definition) is 3. The molecule has 0 aliphatic heterocycles. The van der Waals surface area contributed by atoms with Gasteiger partial charge in [-0.3, -0.25) is 9.59 Å². The Morgan fingerprint density at radius 2 is 1.76 bits per heavy atom. The van der Waals surface area contributed by atoms with Crippen molar-refractivity contribution < 1.29 is 9.59 Å². The summed E-state index contributed by atoms with van der Waals surface area (Å²) in [5, 5.41) is 0. The van der Waals surface area contributed by atoms with E-state index >= 15 is 0 Å². The van der Waals surface area contributed by atoms with E-state index in [4.69, 9.17) is 0 Å². The molecule has 0 heterocycles. The molecule has 0 amide bonds. The van der Waals surface area contributed by atoms with Crippen molar-refractivity contribution in [1.82, 2.24) is 0 Å². The minimum atomic E-state index is -0.403. The summed E-state index contributed by atoms with van der Waals surface area (Å²) in [6.07, 6.45) is 7.71. The molecular formula is C18H17NO2. The van der Waals surface area contributed by atoms with Crippen LogP contribution in [0.5, 0.6) is 0 Å². The SMILES string of the molecule is CN(C)c1ccc(C2=C3C=CC=CC3C(=O)C(=O)C2)cc1. The molecule has 0 radical (unpaired) electrons. The lowest BCUT2D eigenvalue weighted by Gasteiger charge is -2.25. The van der Waals surface area contributed by atoms with Gasteiger partial charge in [0.05, 0.1) is 5.92 Å². The normalized spacial score (nSPS) is 20.8. The predicted molar refractivity (Wildman–Crippen MR) is 84.1 cm³/mol. The topological polar surface area (TPSA) is 37.4 Å². The van der Waals surface area contributed by atoms with E-state index in [1.165, 1.54) is 0 Å². The summed E-state index contributed by atoms with van der Waals surface area (Å²) in [5.41, 5.74) is 4.05. The maximum Gasteiger partial charge on any atom is 0.209 e. The number of benzene rings is 1. The lowest BCUT2D eigenvalue weighted by Crippen LogP contribution is -2.29. The highest BCUT2D eigenvalue weighted by atomic mass is 16.2. The minimum absolute atomic E-state index is 0.199. The molecular weight excluding hydrogens is 262 g/mol. The Labute approximate surface area is 124 Å². The number of allylic oxidation sites excluding steroid dienone is 6. The van der Waals surface area contributed by atoms with Gasteiger partial charge in [-0.15, -0.1) is 0 Å². The number of carbonyl (C=O) groups excluding carboxylic acids is 2. The van der Waals surface area contributed by atoms with Crippen molar-refractivity contribution in [3.63, 3.8) is 0 Å². The van der Waals surface area contributed by atoms with Crippen LogP contribution in [0.2, 0.25) is 0 Å². The first-order valence-corrected chi connectivity index (χ1v) is 7.00. The van der Waals surface area contributed by atoms with Gasteiger partial charge in [0.15, 0.2) is 0 Å². The summed E-state index contributed by atoms with van der Waals surface area (Å²) < 4.78 is 0. The first-order valence-electron chi connectivity index (χ1n) is 7.00. The molecule has 0 N–H and O–H groups in total. The predicted octanol–water partition coefficient (Wildman–Crippen LogP) is 2.79. The zero-order chi connectivity index (χ0) is 15.0. The molecule has 0 spiro atoms. The first-order chi connectivity index (χ1) is 10.1. The van der Waals surface area contributed by atoms with Gasteiger partial charge in [0.25, 0.3) is 0 Å². The maximum absolute atomic E-state index is 12.0. The Hall–Kier alpha value is -2.42. The number of anilines is 1. The smallest absolute Gasteiger partial charge is 0.209 e. The van der Waals surface area contributed by atoms with Crippen LogP contribution < -0.4 is 4.90 Å². The monoisotopic (exact) mass is 279 g/mol. The van der Waals surface area contributed by atoms with Crippen LogP contribution in [0.1, 0.15) is 12.0 Å². The summed E-state index contributed by atoms with van der Waals surface area (Å²) in [7, 11) is 3.98. The van der Waals surface area contributed by atoms with E-state index in [-0.39, 0.29) is 18.0 Å². The fraction of sp³-hybridized carbons (Fsp3) is 0.222. The number of hydrogen-bond donors (Lipinski definition) is 0. The molecule has 3 rings (SSSR count). The van der Waals surface area contributed by atoms with Crippen molar-refractivity contribution in [2.24, 2.45) is 5.92 Å². The number of nitrogens with zero attached hydrogens (tertiary/aromatic N) is 1. The third kappa shape index (κ3) is 2.35. The molecule has 0 fully saturated rings. The van der Waals surface area contributed by atoms with Gasteiger partial charge in [-0.2, -0.15) is 0 Å². The Morgan fingerprint density at radius 3 is 2.43 bits per heavy atom. The van der Waals surface area contributed by atoms with Crippen molar-refractivity contribution in [2.75, 3.05) is 19.0 Å². The van der Waals surface area contributed by atoms with Crippen molar-refractivity contribution in [2.45, 2.75) is 6.42 Å². The third-order valence-corrected chi connectivity index (χ3v) is 4.00. The van der Waals surface area contributed by atoms with Crippen molar-refractivity contribution in [3.8, 4) is 0 Å². The number of ketones is 2. The second kappa shape index (κ2) is 5.17. The molecule has 3 nitrogen and oxygen atoms in total. The average Bonchev–Trinajstić information content (AvgIpc) is 2.51. The van der Waals surface area contributed by atoms with Crippen LogP contribution >= 0.6 is 0 Å². The largest absolute Gasteiger partial charge is 0.378 e. The van der Waals surface area contributed by atoms with E-state index in [2.05, 4.69) is 0 Å². The van der Waals surface area contributed by atoms with Gasteiger partial charge >= 0.3 is 0 Å². The maximum atomic E-state index is 12.0. The highest BCUT2D eigenvalue weighted by molar-refractivity contribution is 6.42. The zero-order valence-electron chi connectivity index (χ0n) is 12.2. The van der Waals surface area contributed by atoms with Gasteiger partial charge in [-0.05, 0) is 28.8 Å². The van der Waals surface area contributed by atoms with Gasteiger partial charge < -0.3 is 4.90 Å². The van der Waals surface area contributed by atoms with Crippen LogP contribution in [0.25, 0.3) is 5.57 Å². The van der Waals surface area contributed by atoms with Crippen LogP contribution in [0.15, 0.2) is 54.1 Å². The third-order valence-electron chi connectivity index (χ3n) is 4.00. The quantitative estimate of drug-likeness (QED) is 0.781. The van der Waals surface area contributed by atoms with Gasteiger partial charge in [0.2, 0.25) is 11.6 Å². The first kappa shape index (κ1) is 13.6. The van der Waals surface area contributed by atoms with Crippen molar-refractivity contribution in [1.29, 1.82) is 0 Å². The summed E-state index contributed by atoms with van der Waals surface area (Å²) >= 11 is 0. The van der Waals surface area contributed by atoms with Crippen LogP contribution in [0, 0.1) is 5.92 Å². The number of carbonyl (C=O) groups is 2. The van der Waals surface area contributed by atoms with E-state index in [1.54, 1.807) is 0 Å². The van der Waals surface area contributed by atoms with E-state index in [1.807, 2.05) is 67.6 Å². The second-order valence-electron chi connectivity index (χ2n) is 5.56. The molecule has 2 aliphatic carbocycles. The van der Waals surface area contributed by atoms with Crippen LogP contribution in [0.4, 0.5) is 5.69 Å². The van der Waals surface area contributed by atoms with E-state index in [0.717, 1.165) is 22.4 Å². The number of fused-ring (bicyclic) bond motifs is 1. The molecule has 1 aromatic rings. The highest BCUT2D eigenvalue weighted by Gasteiger charge is 2.34. The Balaban J connectivity index is 2.07. The molecule has 21 heavy (non-hydrogen) atoms. The summed E-state index contributed by atoms with van der Waals surface area (Å²) in [6, 6.07) is 8.09. The lowest BCUT2D eigenvalue weighted by molar-refractivity contribution is -0.137. The Morgan fingerprint density at radius 1 is 1.05 bits per heavy atom. The van der Waals surface area contributed by atoms with Crippen molar-refractivity contribution >= 4 is 22.8 Å². The molecule has 0 saturated heterocycles. The zero-order valence-corrected chi connectivity index (χ0v) is 12.2. The van der Waals surface area contributed by atoms with Crippen LogP contribution in [-0.2, 0) is 9.59 Å². The molecule has 0 saturated carbocycles. The average molecular weight is 279 g/mol. The van der Waals surface area contributed by atoms with Gasteiger partial charge in [0, 0.05) is 26.2 Å². The molecule has 0 bridgehead atoms. The van der Waals surface area contributed by atoms with E-state index < -0.39 is 5.92 Å². The van der Waals surface area contributed by atoms with Crippen LogP contribution in [-0.4, -0.2) is 25.7 Å². The van der Waals surface area contributed by atoms with Crippen LogP contribution in [0.3, 0.4) is 0 Å². The van der Waals surface area contributed by atoms with E-state index in [9.17, 15) is 9.59 Å². The molecule has 0 aromatic heterocycles. The van der Waals surface area contributed by atoms with Gasteiger partial charge in [-0.25, -0.2) is 0 Å². The van der Waals surface area contributed by atoms with Gasteiger partial charge in [-0.1, -0.05) is 36.4 Å². The fourth-order valence-corrected chi connectivity index (χ4v) is 2.81. The summed E-state index contributed by atoms with van der Waals surface area (Å²) in [5.74, 6) is -0.991. The van der Waals surface area contributed by atoms with Crippen molar-refractivity contribution in [3.05, 3.63) is 59.7 Å². The molecule has 1 atom stereocenters. The van der Waals surface area contributed by atoms with Gasteiger partial charge in [0.1, 0.15) is 0 Å². The number of rotatable bonds is 2. The summed E-state index contributed by atoms with van der Waals surface area (Å²) in [6.45, 7) is 0. The Kier molecular flexibility index (Phi) is 3.34. The van der Waals surface area contributed by atoms with E-state index in [0.29, 0.717) is 0 Å². The molecule has 1 unspecified atom stereocenters. The molecule has 106 valence electrons. The lowest BCUT2D eigenvalue weighted by atomic mass is 9.77. The molecule has 3 heteroatoms. The number of Topliss-reactive ketones (excluding diaryl/α,β-unsaturated/α-hetero) is 2. The highest BCUT2D eigenvalue weighted by Crippen LogP contribution is 2.36.